The number of nitro groups is 2. The molecule has 0 aromatic rings. The maximum atomic E-state index is 10.7. The molecule has 0 heterocycles. The highest BCUT2D eigenvalue weighted by atomic mass is 35.5. The molecule has 0 spiro atoms. The molecule has 0 amide bonds. The van der Waals surface area contributed by atoms with Crippen molar-refractivity contribution in [1.29, 1.82) is 0 Å². The quantitative estimate of drug-likeness (QED) is 0.432. The fourth-order valence-electron chi connectivity index (χ4n) is 1.31. The first-order valence-corrected chi connectivity index (χ1v) is 4.34. The van der Waals surface area contributed by atoms with Crippen LogP contribution in [0.4, 0.5) is 0 Å². The van der Waals surface area contributed by atoms with Gasteiger partial charge in [0.2, 0.25) is 0 Å². The molecule has 0 aromatic heterocycles. The van der Waals surface area contributed by atoms with E-state index in [9.17, 15) is 20.2 Å². The smallest absolute Gasteiger partial charge is 0.262 e. The summed E-state index contributed by atoms with van der Waals surface area (Å²) >= 11 is 5.55. The SMILES string of the molecule is CC1C([N+](=O)[O-])=CC(Cl)=CC1(N)[N+](=O)[O-]. The van der Waals surface area contributed by atoms with E-state index in [2.05, 4.69) is 0 Å². The van der Waals surface area contributed by atoms with E-state index in [1.807, 2.05) is 0 Å². The minimum atomic E-state index is -2.02. The highest BCUT2D eigenvalue weighted by Crippen LogP contribution is 2.32. The number of hydrogen-bond donors (Lipinski definition) is 1. The van der Waals surface area contributed by atoms with Crippen molar-refractivity contribution in [3.63, 3.8) is 0 Å². The van der Waals surface area contributed by atoms with E-state index in [0.717, 1.165) is 12.2 Å². The minimum Gasteiger partial charge on any atom is -0.262 e. The van der Waals surface area contributed by atoms with Gasteiger partial charge in [0.15, 0.2) is 0 Å². The van der Waals surface area contributed by atoms with E-state index in [4.69, 9.17) is 17.3 Å². The maximum Gasteiger partial charge on any atom is 0.305 e. The second-order valence-electron chi connectivity index (χ2n) is 3.22. The number of nitrogens with zero attached hydrogens (tertiary/aromatic N) is 2. The molecule has 7 nitrogen and oxygen atoms in total. The number of nitrogens with two attached hydrogens (primary N) is 1. The molecular weight excluding hydrogens is 226 g/mol. The fraction of sp³-hybridized carbons (Fsp3) is 0.429. The van der Waals surface area contributed by atoms with E-state index in [1.165, 1.54) is 6.92 Å². The number of halogens is 1. The predicted molar refractivity (Wildman–Crippen MR) is 52.1 cm³/mol. The molecule has 0 saturated heterocycles. The average Bonchev–Trinajstić information content (AvgIpc) is 2.10. The Hall–Kier alpha value is -1.47. The lowest BCUT2D eigenvalue weighted by molar-refractivity contribution is -0.571. The molecule has 82 valence electrons. The lowest BCUT2D eigenvalue weighted by Gasteiger charge is -2.24. The Morgan fingerprint density at radius 2 is 2.07 bits per heavy atom. The third-order valence-corrected chi connectivity index (χ3v) is 2.54. The molecule has 2 unspecified atom stereocenters. The van der Waals surface area contributed by atoms with Crippen molar-refractivity contribution < 1.29 is 9.85 Å². The van der Waals surface area contributed by atoms with Crippen molar-refractivity contribution in [3.05, 3.63) is 43.1 Å². The van der Waals surface area contributed by atoms with Gasteiger partial charge in [-0.2, -0.15) is 0 Å². The summed E-state index contributed by atoms with van der Waals surface area (Å²) in [6.07, 6.45) is 2.08. The minimum absolute atomic E-state index is 0.0981. The van der Waals surface area contributed by atoms with Crippen LogP contribution in [0, 0.1) is 26.1 Å². The third-order valence-electron chi connectivity index (χ3n) is 2.32. The zero-order chi connectivity index (χ0) is 11.8. The molecule has 2 atom stereocenters. The first-order valence-electron chi connectivity index (χ1n) is 3.96. The van der Waals surface area contributed by atoms with Crippen molar-refractivity contribution in [1.82, 2.24) is 0 Å². The van der Waals surface area contributed by atoms with Crippen LogP contribution in [0.15, 0.2) is 22.9 Å². The molecule has 1 rings (SSSR count). The van der Waals surface area contributed by atoms with Gasteiger partial charge in [-0.15, -0.1) is 0 Å². The van der Waals surface area contributed by atoms with Gasteiger partial charge in [0.1, 0.15) is 5.92 Å². The summed E-state index contributed by atoms with van der Waals surface area (Å²) in [4.78, 5) is 19.8. The third kappa shape index (κ3) is 1.83. The summed E-state index contributed by atoms with van der Waals surface area (Å²) < 4.78 is 0. The molecule has 0 radical (unpaired) electrons. The Balaban J connectivity index is 3.26. The second kappa shape index (κ2) is 3.59. The van der Waals surface area contributed by atoms with Crippen molar-refractivity contribution in [3.8, 4) is 0 Å². The average molecular weight is 234 g/mol. The van der Waals surface area contributed by atoms with Crippen LogP contribution in [0.2, 0.25) is 0 Å². The molecule has 0 bridgehead atoms. The van der Waals surface area contributed by atoms with E-state index in [-0.39, 0.29) is 10.7 Å². The molecule has 0 aromatic carbocycles. The van der Waals surface area contributed by atoms with Crippen molar-refractivity contribution in [2.75, 3.05) is 0 Å². The van der Waals surface area contributed by atoms with Crippen molar-refractivity contribution >= 4 is 11.6 Å². The first kappa shape index (κ1) is 11.6. The largest absolute Gasteiger partial charge is 0.305 e. The van der Waals surface area contributed by atoms with Crippen LogP contribution in [0.25, 0.3) is 0 Å². The van der Waals surface area contributed by atoms with Crippen LogP contribution >= 0.6 is 11.6 Å². The van der Waals surface area contributed by atoms with Gasteiger partial charge in [0, 0.05) is 17.1 Å². The molecule has 1 aliphatic carbocycles. The highest BCUT2D eigenvalue weighted by molar-refractivity contribution is 6.31. The second-order valence-corrected chi connectivity index (χ2v) is 3.66. The summed E-state index contributed by atoms with van der Waals surface area (Å²) in [5.74, 6) is -1.04. The molecule has 8 heteroatoms. The summed E-state index contributed by atoms with van der Waals surface area (Å²) in [6, 6.07) is 0. The van der Waals surface area contributed by atoms with Crippen LogP contribution in [0.1, 0.15) is 6.92 Å². The molecular formula is C7H8ClN3O4. The Bertz CT molecular complexity index is 392. The van der Waals surface area contributed by atoms with Crippen molar-refractivity contribution in [2.45, 2.75) is 12.6 Å². The maximum absolute atomic E-state index is 10.7. The summed E-state index contributed by atoms with van der Waals surface area (Å²) in [5.41, 5.74) is 3.08. The van der Waals surface area contributed by atoms with Crippen LogP contribution in [-0.4, -0.2) is 15.5 Å². The summed E-state index contributed by atoms with van der Waals surface area (Å²) in [5, 5.41) is 21.2. The Morgan fingerprint density at radius 1 is 1.53 bits per heavy atom. The lowest BCUT2D eigenvalue weighted by Crippen LogP contribution is -2.53. The summed E-state index contributed by atoms with van der Waals surface area (Å²) in [6.45, 7) is 1.32. The number of rotatable bonds is 2. The Morgan fingerprint density at radius 3 is 2.47 bits per heavy atom. The van der Waals surface area contributed by atoms with Gasteiger partial charge in [0.05, 0.1) is 9.96 Å². The van der Waals surface area contributed by atoms with E-state index in [0.29, 0.717) is 0 Å². The fourth-order valence-corrected chi connectivity index (χ4v) is 1.60. The number of allylic oxidation sites excluding steroid dienone is 2. The van der Waals surface area contributed by atoms with Gasteiger partial charge >= 0.3 is 5.66 Å². The van der Waals surface area contributed by atoms with Gasteiger partial charge in [-0.1, -0.05) is 11.6 Å². The van der Waals surface area contributed by atoms with Crippen LogP contribution in [-0.2, 0) is 0 Å². The normalized spacial score (nSPS) is 30.5. The highest BCUT2D eigenvalue weighted by Gasteiger charge is 2.51. The zero-order valence-corrected chi connectivity index (χ0v) is 8.47. The van der Waals surface area contributed by atoms with Crippen molar-refractivity contribution in [2.24, 2.45) is 11.7 Å². The van der Waals surface area contributed by atoms with Gasteiger partial charge < -0.3 is 0 Å². The zero-order valence-electron chi connectivity index (χ0n) is 7.71. The Kier molecular flexibility index (Phi) is 2.78. The van der Waals surface area contributed by atoms with Gasteiger partial charge in [-0.3, -0.25) is 26.0 Å². The van der Waals surface area contributed by atoms with Crippen LogP contribution in [0.5, 0.6) is 0 Å². The lowest BCUT2D eigenvalue weighted by atomic mass is 9.88. The van der Waals surface area contributed by atoms with Gasteiger partial charge in [-0.05, 0) is 6.92 Å². The standard InChI is InChI=1S/C7H8ClN3O4/c1-4-6(10(12)13)2-5(8)3-7(4,9)11(14)15/h2-4H,9H2,1H3. The first-order chi connectivity index (χ1) is 6.79. The monoisotopic (exact) mass is 233 g/mol. The Labute approximate surface area is 89.5 Å². The summed E-state index contributed by atoms with van der Waals surface area (Å²) in [7, 11) is 0. The van der Waals surface area contributed by atoms with E-state index in [1.54, 1.807) is 0 Å². The van der Waals surface area contributed by atoms with Crippen LogP contribution < -0.4 is 5.73 Å². The van der Waals surface area contributed by atoms with E-state index >= 15 is 0 Å². The molecule has 15 heavy (non-hydrogen) atoms. The topological polar surface area (TPSA) is 112 Å². The van der Waals surface area contributed by atoms with E-state index < -0.39 is 21.4 Å². The molecule has 2 N–H and O–H groups in total. The molecule has 1 aliphatic rings. The van der Waals surface area contributed by atoms with Gasteiger partial charge in [0.25, 0.3) is 5.70 Å². The predicted octanol–water partition coefficient (Wildman–Crippen LogP) is 0.851. The van der Waals surface area contributed by atoms with Crippen LogP contribution in [0.3, 0.4) is 0 Å². The van der Waals surface area contributed by atoms with Gasteiger partial charge in [-0.25, -0.2) is 0 Å². The molecule has 0 aliphatic heterocycles. The molecule has 0 saturated carbocycles. The number of hydrogen-bond acceptors (Lipinski definition) is 5. The molecule has 0 fully saturated rings.